The molecule has 0 saturated heterocycles. The topological polar surface area (TPSA) is 47.7 Å². The van der Waals surface area contributed by atoms with Crippen molar-refractivity contribution in [3.8, 4) is 11.5 Å². The van der Waals surface area contributed by atoms with Gasteiger partial charge < -0.3 is 15.2 Å². The molecule has 1 aromatic rings. The molecule has 1 atom stereocenters. The van der Waals surface area contributed by atoms with Crippen LogP contribution in [0.3, 0.4) is 0 Å². The minimum atomic E-state index is 0.183. The maximum atomic E-state index is 5.96. The van der Waals surface area contributed by atoms with Crippen molar-refractivity contribution in [2.24, 2.45) is 5.73 Å². The summed E-state index contributed by atoms with van der Waals surface area (Å²) in [5.74, 6) is 1.67. The lowest BCUT2D eigenvalue weighted by Gasteiger charge is -2.30. The third-order valence-corrected chi connectivity index (χ3v) is 3.36. The van der Waals surface area contributed by atoms with Crippen molar-refractivity contribution >= 4 is 0 Å². The molecule has 0 amide bonds. The molecule has 0 spiro atoms. The van der Waals surface area contributed by atoms with Crippen molar-refractivity contribution in [2.75, 3.05) is 33.4 Å². The smallest absolute Gasteiger partial charge is 0.127 e. The van der Waals surface area contributed by atoms with Crippen LogP contribution in [0.5, 0.6) is 11.5 Å². The van der Waals surface area contributed by atoms with Gasteiger partial charge in [0.1, 0.15) is 11.5 Å². The number of ether oxygens (including phenoxy) is 2. The standard InChI is InChI=1S/C15H26N2O2/c1-5-17(6-2)14(11-16)13-9-8-12(18-4)10-15(13)19-7-3/h8-10,14H,5-7,11,16H2,1-4H3. The zero-order chi connectivity index (χ0) is 14.3. The number of rotatable bonds is 8. The van der Waals surface area contributed by atoms with Crippen LogP contribution in [-0.4, -0.2) is 38.3 Å². The van der Waals surface area contributed by atoms with Gasteiger partial charge in [-0.2, -0.15) is 0 Å². The van der Waals surface area contributed by atoms with E-state index in [0.717, 1.165) is 30.2 Å². The number of hydrogen-bond acceptors (Lipinski definition) is 4. The van der Waals surface area contributed by atoms with Gasteiger partial charge in [0.05, 0.1) is 19.8 Å². The molecule has 0 saturated carbocycles. The summed E-state index contributed by atoms with van der Waals surface area (Å²) in [7, 11) is 1.66. The fraction of sp³-hybridized carbons (Fsp3) is 0.600. The quantitative estimate of drug-likeness (QED) is 0.785. The molecule has 1 rings (SSSR count). The van der Waals surface area contributed by atoms with Crippen molar-refractivity contribution in [1.82, 2.24) is 4.90 Å². The second kappa shape index (κ2) is 8.02. The first-order valence-corrected chi connectivity index (χ1v) is 6.96. The Bertz CT molecular complexity index is 378. The minimum absolute atomic E-state index is 0.183. The monoisotopic (exact) mass is 266 g/mol. The minimum Gasteiger partial charge on any atom is -0.497 e. The Kier molecular flexibility index (Phi) is 6.67. The van der Waals surface area contributed by atoms with Crippen LogP contribution < -0.4 is 15.2 Å². The van der Waals surface area contributed by atoms with E-state index >= 15 is 0 Å². The van der Waals surface area contributed by atoms with Gasteiger partial charge in [-0.15, -0.1) is 0 Å². The van der Waals surface area contributed by atoms with E-state index in [4.69, 9.17) is 15.2 Å². The molecule has 0 aliphatic rings. The predicted molar refractivity (Wildman–Crippen MR) is 78.9 cm³/mol. The number of benzene rings is 1. The van der Waals surface area contributed by atoms with Crippen molar-refractivity contribution < 1.29 is 9.47 Å². The summed E-state index contributed by atoms with van der Waals surface area (Å²) in [5, 5.41) is 0. The maximum absolute atomic E-state index is 5.96. The molecule has 4 nitrogen and oxygen atoms in total. The summed E-state index contributed by atoms with van der Waals surface area (Å²) in [6.07, 6.45) is 0. The largest absolute Gasteiger partial charge is 0.497 e. The zero-order valence-electron chi connectivity index (χ0n) is 12.5. The molecule has 19 heavy (non-hydrogen) atoms. The third-order valence-electron chi connectivity index (χ3n) is 3.36. The van der Waals surface area contributed by atoms with Gasteiger partial charge in [-0.1, -0.05) is 19.9 Å². The average Bonchev–Trinajstić information content (AvgIpc) is 2.45. The van der Waals surface area contributed by atoms with E-state index in [2.05, 4.69) is 24.8 Å². The second-order valence-corrected chi connectivity index (χ2v) is 4.31. The normalized spacial score (nSPS) is 12.5. The highest BCUT2D eigenvalue weighted by atomic mass is 16.5. The maximum Gasteiger partial charge on any atom is 0.127 e. The number of methoxy groups -OCH3 is 1. The number of likely N-dealkylation sites (N-methyl/N-ethyl adjacent to an activating group) is 1. The number of nitrogens with two attached hydrogens (primary N) is 1. The van der Waals surface area contributed by atoms with Crippen LogP contribution in [0.4, 0.5) is 0 Å². The predicted octanol–water partition coefficient (Wildman–Crippen LogP) is 2.44. The Balaban J connectivity index is 3.14. The lowest BCUT2D eigenvalue weighted by molar-refractivity contribution is 0.216. The Morgan fingerprint density at radius 2 is 1.89 bits per heavy atom. The van der Waals surface area contributed by atoms with Crippen LogP contribution in [0.15, 0.2) is 18.2 Å². The van der Waals surface area contributed by atoms with Crippen molar-refractivity contribution in [3.63, 3.8) is 0 Å². The van der Waals surface area contributed by atoms with Gasteiger partial charge >= 0.3 is 0 Å². The SMILES string of the molecule is CCOc1cc(OC)ccc1C(CN)N(CC)CC. The van der Waals surface area contributed by atoms with Crippen LogP contribution in [0.1, 0.15) is 32.4 Å². The average molecular weight is 266 g/mol. The summed E-state index contributed by atoms with van der Waals surface area (Å²) in [6.45, 7) is 9.43. The van der Waals surface area contributed by atoms with Gasteiger partial charge in [-0.25, -0.2) is 0 Å². The van der Waals surface area contributed by atoms with Crippen LogP contribution in [-0.2, 0) is 0 Å². The van der Waals surface area contributed by atoms with Gasteiger partial charge in [0.15, 0.2) is 0 Å². The molecular formula is C15H26N2O2. The second-order valence-electron chi connectivity index (χ2n) is 4.31. The molecule has 1 aromatic carbocycles. The highest BCUT2D eigenvalue weighted by Gasteiger charge is 2.20. The first kappa shape index (κ1) is 15.8. The third kappa shape index (κ3) is 3.85. The zero-order valence-corrected chi connectivity index (χ0v) is 12.5. The molecule has 0 bridgehead atoms. The lowest BCUT2D eigenvalue weighted by atomic mass is 10.0. The Morgan fingerprint density at radius 3 is 2.37 bits per heavy atom. The van der Waals surface area contributed by atoms with E-state index in [1.807, 2.05) is 19.1 Å². The summed E-state index contributed by atoms with van der Waals surface area (Å²) in [5.41, 5.74) is 7.10. The van der Waals surface area contributed by atoms with Crippen LogP contribution in [0, 0.1) is 0 Å². The lowest BCUT2D eigenvalue weighted by Crippen LogP contribution is -2.33. The van der Waals surface area contributed by atoms with E-state index in [1.165, 1.54) is 0 Å². The molecule has 0 heterocycles. The van der Waals surface area contributed by atoms with Crippen LogP contribution in [0.25, 0.3) is 0 Å². The summed E-state index contributed by atoms with van der Waals surface area (Å²) >= 11 is 0. The van der Waals surface area contributed by atoms with E-state index < -0.39 is 0 Å². The summed E-state index contributed by atoms with van der Waals surface area (Å²) in [6, 6.07) is 6.14. The van der Waals surface area contributed by atoms with E-state index in [9.17, 15) is 0 Å². The molecule has 0 aliphatic heterocycles. The van der Waals surface area contributed by atoms with Crippen LogP contribution in [0.2, 0.25) is 0 Å². The summed E-state index contributed by atoms with van der Waals surface area (Å²) in [4.78, 5) is 2.34. The van der Waals surface area contributed by atoms with E-state index in [1.54, 1.807) is 7.11 Å². The molecule has 0 aliphatic carbocycles. The Labute approximate surface area is 116 Å². The molecule has 2 N–H and O–H groups in total. The molecule has 0 fully saturated rings. The van der Waals surface area contributed by atoms with Gasteiger partial charge in [-0.3, -0.25) is 4.90 Å². The van der Waals surface area contributed by atoms with Crippen LogP contribution >= 0.6 is 0 Å². The first-order chi connectivity index (χ1) is 9.21. The highest BCUT2D eigenvalue weighted by Crippen LogP contribution is 2.32. The Morgan fingerprint density at radius 1 is 1.21 bits per heavy atom. The number of hydrogen-bond donors (Lipinski definition) is 1. The number of nitrogens with zero attached hydrogens (tertiary/aromatic N) is 1. The molecule has 4 heteroatoms. The van der Waals surface area contributed by atoms with Crippen molar-refractivity contribution in [2.45, 2.75) is 26.8 Å². The van der Waals surface area contributed by atoms with Gasteiger partial charge in [0, 0.05) is 18.2 Å². The van der Waals surface area contributed by atoms with Gasteiger partial charge in [0.2, 0.25) is 0 Å². The molecule has 0 aromatic heterocycles. The summed E-state index contributed by atoms with van der Waals surface area (Å²) < 4.78 is 11.0. The molecule has 108 valence electrons. The molecule has 1 unspecified atom stereocenters. The van der Waals surface area contributed by atoms with Crippen molar-refractivity contribution in [3.05, 3.63) is 23.8 Å². The van der Waals surface area contributed by atoms with E-state index in [-0.39, 0.29) is 6.04 Å². The molecular weight excluding hydrogens is 240 g/mol. The van der Waals surface area contributed by atoms with Gasteiger partial charge in [-0.05, 0) is 26.1 Å². The highest BCUT2D eigenvalue weighted by molar-refractivity contribution is 5.42. The van der Waals surface area contributed by atoms with Crippen molar-refractivity contribution in [1.29, 1.82) is 0 Å². The molecule has 0 radical (unpaired) electrons. The van der Waals surface area contributed by atoms with E-state index in [0.29, 0.717) is 13.2 Å². The fourth-order valence-electron chi connectivity index (χ4n) is 2.33. The first-order valence-electron chi connectivity index (χ1n) is 6.96. The van der Waals surface area contributed by atoms with Gasteiger partial charge in [0.25, 0.3) is 0 Å². The Hall–Kier alpha value is -1.26. The fourth-order valence-corrected chi connectivity index (χ4v) is 2.33.